The molecule has 0 aliphatic heterocycles. The average molecular weight is 587 g/mol. The van der Waals surface area contributed by atoms with E-state index in [4.69, 9.17) is 4.74 Å². The number of nitrogens with one attached hydrogen (secondary N) is 2. The maximum atomic E-state index is 13.0. The molecule has 2 amide bonds. The topological polar surface area (TPSA) is 111 Å². The Morgan fingerprint density at radius 1 is 0.976 bits per heavy atom. The first-order valence-electron chi connectivity index (χ1n) is 13.0. The Morgan fingerprint density at radius 3 is 2.44 bits per heavy atom. The van der Waals surface area contributed by atoms with Crippen LogP contribution in [0.4, 0.5) is 5.13 Å². The fourth-order valence-corrected chi connectivity index (χ4v) is 5.80. The molecule has 3 aromatic carbocycles. The Bertz CT molecular complexity index is 1660. The van der Waals surface area contributed by atoms with Crippen molar-refractivity contribution in [1.29, 1.82) is 0 Å². The third-order valence-corrected chi connectivity index (χ3v) is 8.20. The number of anilines is 1. The van der Waals surface area contributed by atoms with E-state index in [1.54, 1.807) is 11.7 Å². The lowest BCUT2D eigenvalue weighted by molar-refractivity contribution is -0.113. The third kappa shape index (κ3) is 6.58. The summed E-state index contributed by atoms with van der Waals surface area (Å²) in [6.45, 7) is 6.52. The van der Waals surface area contributed by atoms with Crippen LogP contribution in [0.1, 0.15) is 42.5 Å². The second-order valence-corrected chi connectivity index (χ2v) is 12.2. The quantitative estimate of drug-likeness (QED) is 0.209. The number of hydrogen-bond donors (Lipinski definition) is 2. The van der Waals surface area contributed by atoms with Gasteiger partial charge in [0.1, 0.15) is 5.75 Å². The summed E-state index contributed by atoms with van der Waals surface area (Å²) in [6, 6.07) is 22.8. The largest absolute Gasteiger partial charge is 0.495 e. The lowest BCUT2D eigenvalue weighted by Gasteiger charge is -2.19. The summed E-state index contributed by atoms with van der Waals surface area (Å²) in [7, 11) is 1.59. The standard InChI is InChI=1S/C30H30N6O3S2/c1-30(2,3)20-15-13-19(14-16-20)27(38)31-17-25-34-35-29(36(25)22-10-6-7-11-23(22)39-4)40-18-26(37)33-28-32-21-9-5-8-12-24(21)41-28/h5-16H,17-18H2,1-4H3,(H,31,38)(H,32,33,37). The van der Waals surface area contributed by atoms with Crippen LogP contribution in [-0.2, 0) is 16.8 Å². The number of fused-ring (bicyclic) bond motifs is 1. The normalized spacial score (nSPS) is 11.4. The van der Waals surface area contributed by atoms with E-state index >= 15 is 0 Å². The number of ether oxygens (including phenoxy) is 1. The van der Waals surface area contributed by atoms with Gasteiger partial charge in [-0.2, -0.15) is 0 Å². The number of carbonyl (C=O) groups excluding carboxylic acids is 2. The molecule has 2 N–H and O–H groups in total. The summed E-state index contributed by atoms with van der Waals surface area (Å²) in [5, 5.41) is 15.6. The molecule has 0 atom stereocenters. The van der Waals surface area contributed by atoms with Gasteiger partial charge in [0.2, 0.25) is 5.91 Å². The Kier molecular flexibility index (Phi) is 8.36. The summed E-state index contributed by atoms with van der Waals surface area (Å²) in [5.41, 5.74) is 3.25. The lowest BCUT2D eigenvalue weighted by Crippen LogP contribution is -2.25. The lowest BCUT2D eigenvalue weighted by atomic mass is 9.87. The van der Waals surface area contributed by atoms with Gasteiger partial charge < -0.3 is 15.4 Å². The number of para-hydroxylation sites is 3. The number of thioether (sulfide) groups is 1. The second kappa shape index (κ2) is 12.1. The molecular weight excluding hydrogens is 557 g/mol. The highest BCUT2D eigenvalue weighted by atomic mass is 32.2. The number of amides is 2. The molecule has 5 rings (SSSR count). The Hall–Kier alpha value is -4.22. The first-order chi connectivity index (χ1) is 19.7. The van der Waals surface area contributed by atoms with Crippen molar-refractivity contribution in [3.8, 4) is 11.4 Å². The van der Waals surface area contributed by atoms with Crippen molar-refractivity contribution >= 4 is 50.3 Å². The number of methoxy groups -OCH3 is 1. The van der Waals surface area contributed by atoms with E-state index in [0.29, 0.717) is 33.1 Å². The highest BCUT2D eigenvalue weighted by Crippen LogP contribution is 2.30. The fourth-order valence-electron chi connectivity index (χ4n) is 4.16. The van der Waals surface area contributed by atoms with E-state index in [0.717, 1.165) is 15.8 Å². The predicted octanol–water partition coefficient (Wildman–Crippen LogP) is 5.84. The van der Waals surface area contributed by atoms with Crippen molar-refractivity contribution in [2.24, 2.45) is 0 Å². The minimum Gasteiger partial charge on any atom is -0.495 e. The number of rotatable bonds is 9. The van der Waals surface area contributed by atoms with Gasteiger partial charge in [0, 0.05) is 5.56 Å². The zero-order valence-corrected chi connectivity index (χ0v) is 24.8. The number of thiazole rings is 1. The maximum Gasteiger partial charge on any atom is 0.251 e. The van der Waals surface area contributed by atoms with Gasteiger partial charge in [0.15, 0.2) is 16.1 Å². The van der Waals surface area contributed by atoms with Crippen LogP contribution in [0.2, 0.25) is 0 Å². The molecular formula is C30H30N6O3S2. The van der Waals surface area contributed by atoms with Crippen LogP contribution in [0.15, 0.2) is 78.0 Å². The number of hydrogen-bond acceptors (Lipinski definition) is 8. The summed E-state index contributed by atoms with van der Waals surface area (Å²) in [4.78, 5) is 30.2. The average Bonchev–Trinajstić information content (AvgIpc) is 3.57. The van der Waals surface area contributed by atoms with Crippen molar-refractivity contribution in [3.63, 3.8) is 0 Å². The van der Waals surface area contributed by atoms with Crippen molar-refractivity contribution in [1.82, 2.24) is 25.1 Å². The highest BCUT2D eigenvalue weighted by molar-refractivity contribution is 7.99. The van der Waals surface area contributed by atoms with Crippen molar-refractivity contribution in [3.05, 3.63) is 89.7 Å². The van der Waals surface area contributed by atoms with Gasteiger partial charge in [-0.15, -0.1) is 10.2 Å². The van der Waals surface area contributed by atoms with E-state index < -0.39 is 0 Å². The molecule has 0 aliphatic rings. The molecule has 0 radical (unpaired) electrons. The molecule has 9 nitrogen and oxygen atoms in total. The molecule has 0 fully saturated rings. The number of benzene rings is 3. The van der Waals surface area contributed by atoms with E-state index in [2.05, 4.69) is 46.6 Å². The molecule has 0 aliphatic carbocycles. The summed E-state index contributed by atoms with van der Waals surface area (Å²) in [6.07, 6.45) is 0. The predicted molar refractivity (Wildman–Crippen MR) is 163 cm³/mol. The summed E-state index contributed by atoms with van der Waals surface area (Å²) in [5.74, 6) is 0.777. The third-order valence-electron chi connectivity index (χ3n) is 6.32. The monoisotopic (exact) mass is 586 g/mol. The molecule has 5 aromatic rings. The molecule has 2 aromatic heterocycles. The molecule has 0 bridgehead atoms. The van der Waals surface area contributed by atoms with Gasteiger partial charge in [-0.1, -0.05) is 80.3 Å². The number of carbonyl (C=O) groups is 2. The van der Waals surface area contributed by atoms with Gasteiger partial charge in [-0.3, -0.25) is 14.2 Å². The van der Waals surface area contributed by atoms with Gasteiger partial charge in [0.25, 0.3) is 5.91 Å². The first kappa shape index (κ1) is 28.3. The van der Waals surface area contributed by atoms with Crippen molar-refractivity contribution in [2.75, 3.05) is 18.2 Å². The summed E-state index contributed by atoms with van der Waals surface area (Å²) >= 11 is 2.66. The van der Waals surface area contributed by atoms with E-state index in [1.165, 1.54) is 23.1 Å². The van der Waals surface area contributed by atoms with Gasteiger partial charge >= 0.3 is 0 Å². The van der Waals surface area contributed by atoms with Gasteiger partial charge in [-0.05, 0) is 47.4 Å². The van der Waals surface area contributed by atoms with Crippen LogP contribution in [0.25, 0.3) is 15.9 Å². The second-order valence-electron chi connectivity index (χ2n) is 10.2. The minimum atomic E-state index is -0.218. The van der Waals surface area contributed by atoms with Crippen LogP contribution >= 0.6 is 23.1 Å². The van der Waals surface area contributed by atoms with E-state index in [1.807, 2.05) is 72.8 Å². The van der Waals surface area contributed by atoms with Crippen LogP contribution < -0.4 is 15.4 Å². The summed E-state index contributed by atoms with van der Waals surface area (Å²) < 4.78 is 8.39. The molecule has 41 heavy (non-hydrogen) atoms. The molecule has 210 valence electrons. The number of nitrogens with zero attached hydrogens (tertiary/aromatic N) is 4. The van der Waals surface area contributed by atoms with Crippen molar-refractivity contribution in [2.45, 2.75) is 37.9 Å². The molecule has 0 saturated carbocycles. The number of aromatic nitrogens is 4. The van der Waals surface area contributed by atoms with Crippen LogP contribution in [-0.4, -0.2) is 44.4 Å². The van der Waals surface area contributed by atoms with E-state index in [-0.39, 0.29) is 29.5 Å². The molecule has 0 unspecified atom stereocenters. The van der Waals surface area contributed by atoms with Crippen LogP contribution in [0, 0.1) is 0 Å². The van der Waals surface area contributed by atoms with Gasteiger partial charge in [0.05, 0.1) is 35.3 Å². The van der Waals surface area contributed by atoms with Crippen molar-refractivity contribution < 1.29 is 14.3 Å². The van der Waals surface area contributed by atoms with Gasteiger partial charge in [-0.25, -0.2) is 4.98 Å². The molecule has 0 spiro atoms. The highest BCUT2D eigenvalue weighted by Gasteiger charge is 2.20. The van der Waals surface area contributed by atoms with Crippen LogP contribution in [0.3, 0.4) is 0 Å². The zero-order valence-electron chi connectivity index (χ0n) is 23.2. The zero-order chi connectivity index (χ0) is 29.0. The van der Waals surface area contributed by atoms with E-state index in [9.17, 15) is 9.59 Å². The molecule has 0 saturated heterocycles. The Morgan fingerprint density at radius 2 is 1.71 bits per heavy atom. The molecule has 11 heteroatoms. The van der Waals surface area contributed by atoms with Crippen LogP contribution in [0.5, 0.6) is 5.75 Å². The first-order valence-corrected chi connectivity index (χ1v) is 14.8. The Balaban J connectivity index is 1.32. The maximum absolute atomic E-state index is 13.0. The minimum absolute atomic E-state index is 0.000471. The fraction of sp³-hybridized carbons (Fsp3) is 0.233. The smallest absolute Gasteiger partial charge is 0.251 e. The molecule has 2 heterocycles. The Labute approximate surface area is 246 Å². The SMILES string of the molecule is COc1ccccc1-n1c(CNC(=O)c2ccc(C(C)(C)C)cc2)nnc1SCC(=O)Nc1nc2ccccc2s1.